The van der Waals surface area contributed by atoms with Gasteiger partial charge in [-0.15, -0.1) is 0 Å². The minimum absolute atomic E-state index is 0.414. The van der Waals surface area contributed by atoms with Gasteiger partial charge in [0.15, 0.2) is 0 Å². The summed E-state index contributed by atoms with van der Waals surface area (Å²) in [6.07, 6.45) is 8.55. The fourth-order valence-corrected chi connectivity index (χ4v) is 3.43. The van der Waals surface area contributed by atoms with E-state index in [9.17, 15) is 0 Å². The number of nitrogens with zero attached hydrogens (tertiary/aromatic N) is 2. The van der Waals surface area contributed by atoms with E-state index < -0.39 is 0 Å². The van der Waals surface area contributed by atoms with Crippen LogP contribution in [0.15, 0.2) is 6.07 Å². The highest BCUT2D eigenvalue weighted by Gasteiger charge is 2.36. The van der Waals surface area contributed by atoms with Crippen LogP contribution < -0.4 is 5.32 Å². The first-order valence-corrected chi connectivity index (χ1v) is 8.15. The van der Waals surface area contributed by atoms with Gasteiger partial charge in [-0.3, -0.25) is 0 Å². The van der Waals surface area contributed by atoms with Crippen LogP contribution in [0, 0.1) is 0 Å². The maximum Gasteiger partial charge on any atom is 0.135 e. The molecule has 1 aromatic heterocycles. The lowest BCUT2D eigenvalue weighted by atomic mass is 9.84. The van der Waals surface area contributed by atoms with E-state index in [1.165, 1.54) is 32.1 Å². The molecule has 0 amide bonds. The van der Waals surface area contributed by atoms with Gasteiger partial charge in [0, 0.05) is 23.3 Å². The van der Waals surface area contributed by atoms with Gasteiger partial charge in [-0.1, -0.05) is 18.0 Å². The van der Waals surface area contributed by atoms with Gasteiger partial charge in [-0.05, 0) is 31.9 Å². The fraction of sp³-hybridized carbons (Fsp3) is 0.692. The Kier molecular flexibility index (Phi) is 3.41. The van der Waals surface area contributed by atoms with Crippen molar-refractivity contribution in [3.8, 4) is 0 Å². The molecule has 1 aromatic rings. The summed E-state index contributed by atoms with van der Waals surface area (Å²) in [7, 11) is 0. The van der Waals surface area contributed by atoms with E-state index in [-0.39, 0.29) is 0 Å². The molecule has 0 aromatic carbocycles. The molecule has 0 spiro atoms. The number of anilines is 1. The number of hydrogen-bond donors (Lipinski definition) is 1. The maximum atomic E-state index is 6.06. The van der Waals surface area contributed by atoms with Crippen molar-refractivity contribution in [2.75, 3.05) is 18.1 Å². The van der Waals surface area contributed by atoms with E-state index in [0.717, 1.165) is 18.2 Å². The van der Waals surface area contributed by atoms with Crippen LogP contribution in [0.25, 0.3) is 0 Å². The normalized spacial score (nSPS) is 21.4. The molecule has 2 aliphatic carbocycles. The Morgan fingerprint density at radius 3 is 2.78 bits per heavy atom. The molecule has 0 aliphatic heterocycles. The first-order valence-electron chi connectivity index (χ1n) is 6.54. The molecule has 0 unspecified atom stereocenters. The van der Waals surface area contributed by atoms with Crippen LogP contribution in [-0.2, 0) is 0 Å². The summed E-state index contributed by atoms with van der Waals surface area (Å²) in [6, 6.07) is 1.83. The summed E-state index contributed by atoms with van der Waals surface area (Å²) in [5.41, 5.74) is 0. The average Bonchev–Trinajstić information content (AvgIpc) is 3.11. The minimum atomic E-state index is 0.414. The highest BCUT2D eigenvalue weighted by molar-refractivity contribution is 8.00. The molecule has 98 valence electrons. The van der Waals surface area contributed by atoms with E-state index >= 15 is 0 Å². The number of aromatic nitrogens is 2. The number of thioether (sulfide) groups is 1. The Morgan fingerprint density at radius 1 is 1.44 bits per heavy atom. The van der Waals surface area contributed by atoms with Gasteiger partial charge < -0.3 is 5.32 Å². The van der Waals surface area contributed by atoms with Gasteiger partial charge in [0.05, 0.1) is 0 Å². The van der Waals surface area contributed by atoms with Crippen molar-refractivity contribution in [2.45, 2.75) is 42.8 Å². The highest BCUT2D eigenvalue weighted by Crippen LogP contribution is 2.43. The molecule has 1 N–H and O–H groups in total. The average molecular weight is 284 g/mol. The predicted octanol–water partition coefficient (Wildman–Crippen LogP) is 3.71. The van der Waals surface area contributed by atoms with E-state index in [1.54, 1.807) is 0 Å². The number of nitrogens with one attached hydrogen (secondary N) is 1. The molecule has 2 fully saturated rings. The van der Waals surface area contributed by atoms with Gasteiger partial charge in [0.2, 0.25) is 0 Å². The van der Waals surface area contributed by atoms with Crippen LogP contribution in [0.5, 0.6) is 0 Å². The third-order valence-electron chi connectivity index (χ3n) is 3.94. The zero-order chi connectivity index (χ0) is 12.6. The van der Waals surface area contributed by atoms with E-state index in [1.807, 2.05) is 17.8 Å². The van der Waals surface area contributed by atoms with Crippen LogP contribution in [0.3, 0.4) is 0 Å². The van der Waals surface area contributed by atoms with Crippen molar-refractivity contribution < 1.29 is 0 Å². The molecule has 2 saturated carbocycles. The second-order valence-corrected chi connectivity index (χ2v) is 6.96. The molecule has 0 bridgehead atoms. The van der Waals surface area contributed by atoms with Crippen LogP contribution in [0.2, 0.25) is 5.15 Å². The van der Waals surface area contributed by atoms with Crippen molar-refractivity contribution >= 4 is 29.2 Å². The molecule has 18 heavy (non-hydrogen) atoms. The van der Waals surface area contributed by atoms with Crippen molar-refractivity contribution in [1.82, 2.24) is 9.97 Å². The smallest absolute Gasteiger partial charge is 0.135 e. The van der Waals surface area contributed by atoms with Crippen LogP contribution >= 0.6 is 23.4 Å². The van der Waals surface area contributed by atoms with Gasteiger partial charge >= 0.3 is 0 Å². The lowest BCUT2D eigenvalue weighted by molar-refractivity contribution is 0.379. The molecule has 5 heteroatoms. The summed E-state index contributed by atoms with van der Waals surface area (Å²) in [6.45, 7) is 0.978. The minimum Gasteiger partial charge on any atom is -0.369 e. The summed E-state index contributed by atoms with van der Waals surface area (Å²) in [5, 5.41) is 4.00. The van der Waals surface area contributed by atoms with Gasteiger partial charge in [-0.25, -0.2) is 9.97 Å². The number of rotatable bonds is 5. The molecular weight excluding hydrogens is 266 g/mol. The molecule has 0 atom stereocenters. The Balaban J connectivity index is 1.68. The van der Waals surface area contributed by atoms with Crippen molar-refractivity contribution in [1.29, 1.82) is 0 Å². The standard InChI is InChI=1S/C13H18ClN3S/c1-18-13(5-2-6-13)8-15-11-7-10(14)16-12(17-11)9-3-4-9/h7,9H,2-6,8H2,1H3,(H,15,16,17). The van der Waals surface area contributed by atoms with E-state index in [2.05, 4.69) is 21.5 Å². The second-order valence-electron chi connectivity index (χ2n) is 5.30. The molecular formula is C13H18ClN3S. The highest BCUT2D eigenvalue weighted by atomic mass is 35.5. The third kappa shape index (κ3) is 2.59. The Labute approximate surface area is 117 Å². The maximum absolute atomic E-state index is 6.06. The first kappa shape index (κ1) is 12.5. The molecule has 2 aliphatic rings. The topological polar surface area (TPSA) is 37.8 Å². The Bertz CT molecular complexity index is 438. The monoisotopic (exact) mass is 283 g/mol. The van der Waals surface area contributed by atoms with Crippen molar-refractivity contribution in [3.05, 3.63) is 17.0 Å². The summed E-state index contributed by atoms with van der Waals surface area (Å²) in [4.78, 5) is 8.88. The number of halogens is 1. The Hall–Kier alpha value is -0.480. The lowest BCUT2D eigenvalue weighted by Gasteiger charge is -2.40. The summed E-state index contributed by atoms with van der Waals surface area (Å²) in [5.74, 6) is 2.34. The van der Waals surface area contributed by atoms with Crippen LogP contribution in [0.4, 0.5) is 5.82 Å². The zero-order valence-corrected chi connectivity index (χ0v) is 12.2. The predicted molar refractivity (Wildman–Crippen MR) is 77.6 cm³/mol. The van der Waals surface area contributed by atoms with Gasteiger partial charge in [0.25, 0.3) is 0 Å². The first-order chi connectivity index (χ1) is 8.71. The summed E-state index contributed by atoms with van der Waals surface area (Å²) >= 11 is 8.02. The number of hydrogen-bond acceptors (Lipinski definition) is 4. The van der Waals surface area contributed by atoms with Crippen molar-refractivity contribution in [2.24, 2.45) is 0 Å². The van der Waals surface area contributed by atoms with Crippen LogP contribution in [-0.4, -0.2) is 27.5 Å². The molecule has 0 saturated heterocycles. The van der Waals surface area contributed by atoms with Gasteiger partial charge in [-0.2, -0.15) is 11.8 Å². The fourth-order valence-electron chi connectivity index (χ4n) is 2.33. The largest absolute Gasteiger partial charge is 0.369 e. The van der Waals surface area contributed by atoms with Gasteiger partial charge in [0.1, 0.15) is 16.8 Å². The van der Waals surface area contributed by atoms with E-state index in [0.29, 0.717) is 15.8 Å². The lowest BCUT2D eigenvalue weighted by Crippen LogP contribution is -2.40. The Morgan fingerprint density at radius 2 is 2.22 bits per heavy atom. The summed E-state index contributed by atoms with van der Waals surface area (Å²) < 4.78 is 0.414. The van der Waals surface area contributed by atoms with Crippen LogP contribution in [0.1, 0.15) is 43.8 Å². The molecule has 3 rings (SSSR count). The quantitative estimate of drug-likeness (QED) is 0.836. The second kappa shape index (κ2) is 4.89. The molecule has 1 heterocycles. The van der Waals surface area contributed by atoms with E-state index in [4.69, 9.17) is 11.6 Å². The molecule has 3 nitrogen and oxygen atoms in total. The zero-order valence-electron chi connectivity index (χ0n) is 10.6. The SMILES string of the molecule is CSC1(CNc2cc(Cl)nc(C3CC3)n2)CCC1. The molecule has 0 radical (unpaired) electrons. The third-order valence-corrected chi connectivity index (χ3v) is 5.56. The van der Waals surface area contributed by atoms with Crippen molar-refractivity contribution in [3.63, 3.8) is 0 Å².